The topological polar surface area (TPSA) is 49.4 Å². The van der Waals surface area contributed by atoms with Gasteiger partial charge in [-0.05, 0) is 19.3 Å². The summed E-state index contributed by atoms with van der Waals surface area (Å²) in [5.41, 5.74) is 0. The molecule has 1 N–H and O–H groups in total. The van der Waals surface area contributed by atoms with Crippen molar-refractivity contribution in [1.29, 1.82) is 0 Å². The molecule has 1 aliphatic rings. The molecule has 1 atom stereocenters. The third-order valence-electron chi connectivity index (χ3n) is 4.10. The fourth-order valence-corrected chi connectivity index (χ4v) is 3.43. The highest BCUT2D eigenvalue weighted by Gasteiger charge is 2.28. The second kappa shape index (κ2) is 10.2. The Morgan fingerprint density at radius 3 is 2.61 bits per heavy atom. The van der Waals surface area contributed by atoms with Gasteiger partial charge in [0.05, 0.1) is 11.7 Å². The molecule has 1 fully saturated rings. The number of carbonyl (C=O) groups is 2. The lowest BCUT2D eigenvalue weighted by atomic mass is 9.97. The van der Waals surface area contributed by atoms with Gasteiger partial charge in [-0.3, -0.25) is 9.59 Å². The van der Waals surface area contributed by atoms with Crippen molar-refractivity contribution in [2.24, 2.45) is 5.92 Å². The van der Waals surface area contributed by atoms with Crippen molar-refractivity contribution in [2.75, 3.05) is 25.4 Å². The number of carbonyl (C=O) groups excluding carboxylic acids is 2. The summed E-state index contributed by atoms with van der Waals surface area (Å²) in [4.78, 5) is 26.5. The van der Waals surface area contributed by atoms with Crippen molar-refractivity contribution >= 4 is 23.6 Å². The minimum atomic E-state index is -0.0292. The van der Waals surface area contributed by atoms with E-state index >= 15 is 0 Å². The van der Waals surface area contributed by atoms with Gasteiger partial charge in [-0.1, -0.05) is 47.0 Å². The van der Waals surface area contributed by atoms with E-state index in [1.54, 1.807) is 11.8 Å². The van der Waals surface area contributed by atoms with Gasteiger partial charge >= 0.3 is 0 Å². The molecule has 4 nitrogen and oxygen atoms in total. The predicted molar refractivity (Wildman–Crippen MR) is 98.7 cm³/mol. The molecule has 0 aromatic heterocycles. The van der Waals surface area contributed by atoms with Crippen molar-refractivity contribution in [3.63, 3.8) is 0 Å². The van der Waals surface area contributed by atoms with E-state index in [1.807, 2.05) is 4.90 Å². The highest BCUT2D eigenvalue weighted by molar-refractivity contribution is 8.01. The van der Waals surface area contributed by atoms with Crippen LogP contribution in [0.25, 0.3) is 0 Å². The first-order chi connectivity index (χ1) is 10.8. The second-order valence-electron chi connectivity index (χ2n) is 7.43. The number of likely N-dealkylation sites (tertiary alicyclic amines) is 1. The Morgan fingerprint density at radius 2 is 1.96 bits per heavy atom. The minimum Gasteiger partial charge on any atom is -0.356 e. The molecule has 0 aliphatic carbocycles. The normalized spacial score (nSPS) is 18.8. The number of rotatable bonds is 8. The molecular weight excluding hydrogens is 308 g/mol. The summed E-state index contributed by atoms with van der Waals surface area (Å²) in [6.45, 7) is 10.7. The largest absolute Gasteiger partial charge is 0.356 e. The number of nitrogens with one attached hydrogen (secondary N) is 1. The standard InChI is InChI=1S/C18H34N2O2S/c1-5-6-7-8-11-19-17(22)15-10-9-12-20(13-15)16(21)14-23-18(2,3)4/h15H,5-14H2,1-4H3,(H,19,22). The average Bonchev–Trinajstić information content (AvgIpc) is 2.51. The van der Waals surface area contributed by atoms with Gasteiger partial charge in [0.15, 0.2) is 0 Å². The highest BCUT2D eigenvalue weighted by atomic mass is 32.2. The number of piperidine rings is 1. The Labute approximate surface area is 146 Å². The molecular formula is C18H34N2O2S. The van der Waals surface area contributed by atoms with Crippen molar-refractivity contribution in [3.05, 3.63) is 0 Å². The van der Waals surface area contributed by atoms with Crippen LogP contribution in [0.4, 0.5) is 0 Å². The summed E-state index contributed by atoms with van der Waals surface area (Å²) in [6.07, 6.45) is 6.50. The molecule has 1 rings (SSSR count). The maximum Gasteiger partial charge on any atom is 0.232 e. The Morgan fingerprint density at radius 1 is 1.22 bits per heavy atom. The third-order valence-corrected chi connectivity index (χ3v) is 5.36. The van der Waals surface area contributed by atoms with Crippen LogP contribution in [0.2, 0.25) is 0 Å². The monoisotopic (exact) mass is 342 g/mol. The lowest BCUT2D eigenvalue weighted by Gasteiger charge is -2.32. The van der Waals surface area contributed by atoms with Crippen molar-refractivity contribution in [2.45, 2.75) is 71.0 Å². The third kappa shape index (κ3) is 8.63. The first-order valence-electron chi connectivity index (χ1n) is 9.03. The van der Waals surface area contributed by atoms with Gasteiger partial charge < -0.3 is 10.2 Å². The van der Waals surface area contributed by atoms with Crippen LogP contribution in [0, 0.1) is 5.92 Å². The Balaban J connectivity index is 2.32. The summed E-state index contributed by atoms with van der Waals surface area (Å²) in [5, 5.41) is 3.04. The molecule has 23 heavy (non-hydrogen) atoms. The fourth-order valence-electron chi connectivity index (χ4n) is 2.69. The highest BCUT2D eigenvalue weighted by Crippen LogP contribution is 2.24. The minimum absolute atomic E-state index is 0.0292. The molecule has 134 valence electrons. The number of thioether (sulfide) groups is 1. The average molecular weight is 343 g/mol. The van der Waals surface area contributed by atoms with E-state index in [0.717, 1.165) is 32.4 Å². The Bertz CT molecular complexity index is 380. The lowest BCUT2D eigenvalue weighted by Crippen LogP contribution is -2.46. The maximum absolute atomic E-state index is 12.3. The summed E-state index contributed by atoms with van der Waals surface area (Å²) < 4.78 is 0.0979. The molecule has 1 saturated heterocycles. The van der Waals surface area contributed by atoms with E-state index in [0.29, 0.717) is 12.3 Å². The second-order valence-corrected chi connectivity index (χ2v) is 9.23. The van der Waals surface area contributed by atoms with E-state index in [9.17, 15) is 9.59 Å². The van der Waals surface area contributed by atoms with Crippen molar-refractivity contribution in [3.8, 4) is 0 Å². The van der Waals surface area contributed by atoms with E-state index in [1.165, 1.54) is 19.3 Å². The molecule has 0 aromatic rings. The zero-order chi connectivity index (χ0) is 17.3. The first kappa shape index (κ1) is 20.3. The number of hydrogen-bond acceptors (Lipinski definition) is 3. The van der Waals surface area contributed by atoms with Gasteiger partial charge in [0.1, 0.15) is 0 Å². The molecule has 0 aromatic carbocycles. The molecule has 2 amide bonds. The lowest BCUT2D eigenvalue weighted by molar-refractivity contribution is -0.133. The molecule has 0 saturated carbocycles. The Kier molecular flexibility index (Phi) is 9.03. The first-order valence-corrected chi connectivity index (χ1v) is 10.0. The van der Waals surface area contributed by atoms with Crippen molar-refractivity contribution < 1.29 is 9.59 Å². The zero-order valence-electron chi connectivity index (χ0n) is 15.3. The Hall–Kier alpha value is -0.710. The van der Waals surface area contributed by atoms with Crippen LogP contribution in [-0.2, 0) is 9.59 Å². The van der Waals surface area contributed by atoms with E-state index < -0.39 is 0 Å². The number of amides is 2. The maximum atomic E-state index is 12.3. The van der Waals surface area contributed by atoms with Crippen LogP contribution in [0.15, 0.2) is 0 Å². The van der Waals surface area contributed by atoms with E-state index in [2.05, 4.69) is 33.0 Å². The van der Waals surface area contributed by atoms with Crippen LogP contribution >= 0.6 is 11.8 Å². The smallest absolute Gasteiger partial charge is 0.232 e. The van der Waals surface area contributed by atoms with Gasteiger partial charge in [-0.25, -0.2) is 0 Å². The van der Waals surface area contributed by atoms with Crippen LogP contribution in [0.5, 0.6) is 0 Å². The summed E-state index contributed by atoms with van der Waals surface area (Å²) >= 11 is 1.67. The zero-order valence-corrected chi connectivity index (χ0v) is 16.1. The summed E-state index contributed by atoms with van der Waals surface area (Å²) in [5.74, 6) is 0.779. The van der Waals surface area contributed by atoms with Crippen LogP contribution in [0.3, 0.4) is 0 Å². The molecule has 1 unspecified atom stereocenters. The quantitative estimate of drug-likeness (QED) is 0.687. The summed E-state index contributed by atoms with van der Waals surface area (Å²) in [6, 6.07) is 0. The molecule has 0 spiro atoms. The van der Waals surface area contributed by atoms with E-state index in [4.69, 9.17) is 0 Å². The number of unbranched alkanes of at least 4 members (excludes halogenated alkanes) is 3. The van der Waals surface area contributed by atoms with Crippen molar-refractivity contribution in [1.82, 2.24) is 10.2 Å². The molecule has 5 heteroatoms. The van der Waals surface area contributed by atoms with Gasteiger partial charge in [0, 0.05) is 24.4 Å². The number of nitrogens with zero attached hydrogens (tertiary/aromatic N) is 1. The van der Waals surface area contributed by atoms with Gasteiger partial charge in [0.2, 0.25) is 11.8 Å². The van der Waals surface area contributed by atoms with E-state index in [-0.39, 0.29) is 22.5 Å². The van der Waals surface area contributed by atoms with Gasteiger partial charge in [-0.15, -0.1) is 11.8 Å². The predicted octanol–water partition coefficient (Wildman–Crippen LogP) is 3.45. The number of hydrogen-bond donors (Lipinski definition) is 1. The van der Waals surface area contributed by atoms with Gasteiger partial charge in [-0.2, -0.15) is 0 Å². The molecule has 0 radical (unpaired) electrons. The van der Waals surface area contributed by atoms with Gasteiger partial charge in [0.25, 0.3) is 0 Å². The fraction of sp³-hybridized carbons (Fsp3) is 0.889. The van der Waals surface area contributed by atoms with Crippen LogP contribution < -0.4 is 5.32 Å². The van der Waals surface area contributed by atoms with Crippen LogP contribution in [0.1, 0.15) is 66.2 Å². The summed E-state index contributed by atoms with van der Waals surface area (Å²) in [7, 11) is 0. The molecule has 1 heterocycles. The molecule has 0 bridgehead atoms. The van der Waals surface area contributed by atoms with Crippen LogP contribution in [-0.4, -0.2) is 46.8 Å². The molecule has 1 aliphatic heterocycles. The SMILES string of the molecule is CCCCCCNC(=O)C1CCCN(C(=O)CSC(C)(C)C)C1.